The van der Waals surface area contributed by atoms with Gasteiger partial charge in [0.15, 0.2) is 0 Å². The van der Waals surface area contributed by atoms with E-state index < -0.39 is 0 Å². The summed E-state index contributed by atoms with van der Waals surface area (Å²) in [6.07, 6.45) is 0. The third kappa shape index (κ3) is 4.71. The lowest BCUT2D eigenvalue weighted by atomic mass is 10.1. The number of ether oxygens (including phenoxy) is 1. The molecule has 1 aromatic heterocycles. The van der Waals surface area contributed by atoms with Gasteiger partial charge in [-0.05, 0) is 65.0 Å². The molecule has 0 saturated heterocycles. The fourth-order valence-corrected chi connectivity index (χ4v) is 2.99. The van der Waals surface area contributed by atoms with E-state index in [1.165, 1.54) is 10.7 Å². The van der Waals surface area contributed by atoms with Crippen molar-refractivity contribution in [1.29, 1.82) is 0 Å². The van der Waals surface area contributed by atoms with E-state index in [4.69, 9.17) is 4.74 Å². The fraction of sp³-hybridized carbons (Fsp3) is 0.450. The zero-order chi connectivity index (χ0) is 19.3. The summed E-state index contributed by atoms with van der Waals surface area (Å²) < 4.78 is 6.67. The predicted octanol–water partition coefficient (Wildman–Crippen LogP) is 2.95. The van der Waals surface area contributed by atoms with E-state index in [0.717, 1.165) is 11.3 Å². The number of carbonyl (C=O) groups excluding carboxylic acids is 1. The fourth-order valence-electron chi connectivity index (χ4n) is 2.99. The van der Waals surface area contributed by atoms with Gasteiger partial charge in [-0.2, -0.15) is 5.10 Å². The van der Waals surface area contributed by atoms with Gasteiger partial charge in [-0.1, -0.05) is 0 Å². The highest BCUT2D eigenvalue weighted by atomic mass is 16.5. The monoisotopic (exact) mass is 357 g/mol. The van der Waals surface area contributed by atoms with Crippen molar-refractivity contribution >= 4 is 5.91 Å². The van der Waals surface area contributed by atoms with E-state index in [1.54, 1.807) is 11.0 Å². The molecule has 0 atom stereocenters. The topological polar surface area (TPSA) is 64.4 Å². The van der Waals surface area contributed by atoms with E-state index >= 15 is 0 Å². The Balaban J connectivity index is 2.27. The van der Waals surface area contributed by atoms with Gasteiger partial charge >= 0.3 is 0 Å². The first-order chi connectivity index (χ1) is 12.3. The molecule has 0 N–H and O–H groups in total. The summed E-state index contributed by atoms with van der Waals surface area (Å²) in [6, 6.07) is 10.7. The van der Waals surface area contributed by atoms with Crippen molar-refractivity contribution in [2.24, 2.45) is 0 Å². The van der Waals surface area contributed by atoms with E-state index in [2.05, 4.69) is 5.10 Å². The molecule has 0 aliphatic carbocycles. The van der Waals surface area contributed by atoms with Crippen LogP contribution in [0.15, 0.2) is 41.2 Å². The number of carbonyl (C=O) groups is 1. The van der Waals surface area contributed by atoms with E-state index in [1.807, 2.05) is 58.9 Å². The van der Waals surface area contributed by atoms with Crippen molar-refractivity contribution in [2.45, 2.75) is 53.2 Å². The zero-order valence-electron chi connectivity index (χ0n) is 16.1. The molecule has 2 aromatic rings. The standard InChI is InChI=1S/C20H27N3O3/c1-6-26-17-9-7-16(8-10-17)18-11-12-19(24)22(21-18)13-20(25)23(14(2)3)15(4)5/h7-12,14-15H,6,13H2,1-5H3. The van der Waals surface area contributed by atoms with Gasteiger partial charge < -0.3 is 9.64 Å². The van der Waals surface area contributed by atoms with Crippen molar-refractivity contribution in [3.05, 3.63) is 46.8 Å². The third-order valence-corrected chi connectivity index (χ3v) is 4.01. The first kappa shape index (κ1) is 19.7. The summed E-state index contributed by atoms with van der Waals surface area (Å²) in [5, 5.41) is 4.38. The number of aromatic nitrogens is 2. The second-order valence-corrected chi connectivity index (χ2v) is 6.66. The molecule has 0 bridgehead atoms. The van der Waals surface area contributed by atoms with E-state index in [-0.39, 0.29) is 30.1 Å². The smallest absolute Gasteiger partial charge is 0.267 e. The lowest BCUT2D eigenvalue weighted by molar-refractivity contribution is -0.135. The summed E-state index contributed by atoms with van der Waals surface area (Å²) in [4.78, 5) is 26.5. The van der Waals surface area contributed by atoms with Gasteiger partial charge in [0.2, 0.25) is 5.91 Å². The molecule has 0 radical (unpaired) electrons. The Bertz CT molecular complexity index is 787. The maximum absolute atomic E-state index is 12.6. The molecular formula is C20H27N3O3. The highest BCUT2D eigenvalue weighted by Crippen LogP contribution is 2.20. The predicted molar refractivity (Wildman–Crippen MR) is 102 cm³/mol. The normalized spacial score (nSPS) is 11.0. The summed E-state index contributed by atoms with van der Waals surface area (Å²) >= 11 is 0. The van der Waals surface area contributed by atoms with Crippen LogP contribution in [0.2, 0.25) is 0 Å². The highest BCUT2D eigenvalue weighted by molar-refractivity contribution is 5.76. The van der Waals surface area contributed by atoms with Crippen LogP contribution < -0.4 is 10.3 Å². The quantitative estimate of drug-likeness (QED) is 0.764. The molecule has 1 aromatic carbocycles. The van der Waals surface area contributed by atoms with Gasteiger partial charge in [-0.3, -0.25) is 9.59 Å². The Morgan fingerprint density at radius 1 is 1.08 bits per heavy atom. The first-order valence-corrected chi connectivity index (χ1v) is 8.96. The lowest BCUT2D eigenvalue weighted by Gasteiger charge is -2.30. The molecule has 26 heavy (non-hydrogen) atoms. The summed E-state index contributed by atoms with van der Waals surface area (Å²) in [5.74, 6) is 0.665. The molecule has 140 valence electrons. The SMILES string of the molecule is CCOc1ccc(-c2ccc(=O)n(CC(=O)N(C(C)C)C(C)C)n2)cc1. The molecule has 0 fully saturated rings. The van der Waals surface area contributed by atoms with Crippen LogP contribution in [-0.4, -0.2) is 39.3 Å². The average molecular weight is 357 g/mol. The molecule has 0 saturated carbocycles. The number of hydrogen-bond acceptors (Lipinski definition) is 4. The Morgan fingerprint density at radius 3 is 2.23 bits per heavy atom. The minimum absolute atomic E-state index is 0.0625. The van der Waals surface area contributed by atoms with Gasteiger partial charge in [0, 0.05) is 23.7 Å². The summed E-state index contributed by atoms with van der Waals surface area (Å²) in [6.45, 7) is 10.3. The molecule has 0 spiro atoms. The van der Waals surface area contributed by atoms with Gasteiger partial charge in [0.05, 0.1) is 12.3 Å². The van der Waals surface area contributed by atoms with Crippen molar-refractivity contribution in [1.82, 2.24) is 14.7 Å². The van der Waals surface area contributed by atoms with E-state index in [0.29, 0.717) is 12.3 Å². The van der Waals surface area contributed by atoms with Crippen molar-refractivity contribution in [3.63, 3.8) is 0 Å². The number of amides is 1. The molecular weight excluding hydrogens is 330 g/mol. The molecule has 1 heterocycles. The van der Waals surface area contributed by atoms with Gasteiger partial charge in [-0.25, -0.2) is 4.68 Å². The van der Waals surface area contributed by atoms with Gasteiger partial charge in [0.25, 0.3) is 5.56 Å². The molecule has 1 amide bonds. The molecule has 2 rings (SSSR count). The molecule has 0 aliphatic rings. The van der Waals surface area contributed by atoms with Crippen LogP contribution in [0.1, 0.15) is 34.6 Å². The first-order valence-electron chi connectivity index (χ1n) is 8.96. The Kier molecular flexibility index (Phi) is 6.55. The van der Waals surface area contributed by atoms with Crippen LogP contribution in [0.25, 0.3) is 11.3 Å². The Morgan fingerprint density at radius 2 is 1.69 bits per heavy atom. The zero-order valence-corrected chi connectivity index (χ0v) is 16.1. The van der Waals surface area contributed by atoms with Crippen LogP contribution >= 0.6 is 0 Å². The maximum atomic E-state index is 12.6. The van der Waals surface area contributed by atoms with Crippen molar-refractivity contribution in [3.8, 4) is 17.0 Å². The van der Waals surface area contributed by atoms with E-state index in [9.17, 15) is 9.59 Å². The number of nitrogens with zero attached hydrogens (tertiary/aromatic N) is 3. The van der Waals surface area contributed by atoms with Crippen LogP contribution in [0.4, 0.5) is 0 Å². The average Bonchev–Trinajstić information content (AvgIpc) is 2.57. The van der Waals surface area contributed by atoms with Gasteiger partial charge in [0.1, 0.15) is 12.3 Å². The van der Waals surface area contributed by atoms with Crippen LogP contribution in [-0.2, 0) is 11.3 Å². The van der Waals surface area contributed by atoms with Gasteiger partial charge in [-0.15, -0.1) is 0 Å². The maximum Gasteiger partial charge on any atom is 0.267 e. The minimum Gasteiger partial charge on any atom is -0.494 e. The van der Waals surface area contributed by atoms with Crippen LogP contribution in [0.5, 0.6) is 5.75 Å². The second kappa shape index (κ2) is 8.65. The lowest BCUT2D eigenvalue weighted by Crippen LogP contribution is -2.45. The molecule has 0 unspecified atom stereocenters. The number of benzene rings is 1. The molecule has 6 nitrogen and oxygen atoms in total. The number of rotatable bonds is 7. The third-order valence-electron chi connectivity index (χ3n) is 4.01. The van der Waals surface area contributed by atoms with Crippen molar-refractivity contribution in [2.75, 3.05) is 6.61 Å². The van der Waals surface area contributed by atoms with Crippen molar-refractivity contribution < 1.29 is 9.53 Å². The summed E-state index contributed by atoms with van der Waals surface area (Å²) in [5.41, 5.74) is 1.21. The largest absolute Gasteiger partial charge is 0.494 e. The molecule has 6 heteroatoms. The summed E-state index contributed by atoms with van der Waals surface area (Å²) in [7, 11) is 0. The van der Waals surface area contributed by atoms with Crippen LogP contribution in [0.3, 0.4) is 0 Å². The molecule has 0 aliphatic heterocycles. The second-order valence-electron chi connectivity index (χ2n) is 6.66. The Hall–Kier alpha value is -2.63. The number of hydrogen-bond donors (Lipinski definition) is 0. The highest BCUT2D eigenvalue weighted by Gasteiger charge is 2.21. The minimum atomic E-state index is -0.291. The van der Waals surface area contributed by atoms with Crippen LogP contribution in [0, 0.1) is 0 Å². The Labute approximate surface area is 154 Å².